The maximum atomic E-state index is 5.80. The third kappa shape index (κ3) is 3.57. The first-order valence-electron chi connectivity index (χ1n) is 9.35. The Morgan fingerprint density at radius 2 is 2.00 bits per heavy atom. The summed E-state index contributed by atoms with van der Waals surface area (Å²) in [6, 6.07) is 10.5. The molecule has 0 aliphatic carbocycles. The molecular weight excluding hydrogens is 346 g/mol. The molecule has 3 aromatic heterocycles. The van der Waals surface area contributed by atoms with Gasteiger partial charge in [-0.1, -0.05) is 18.2 Å². The van der Waals surface area contributed by atoms with Gasteiger partial charge in [-0.15, -0.1) is 0 Å². The predicted molar refractivity (Wildman–Crippen MR) is 115 cm³/mol. The van der Waals surface area contributed by atoms with Gasteiger partial charge in [0.1, 0.15) is 0 Å². The van der Waals surface area contributed by atoms with Crippen LogP contribution >= 0.6 is 0 Å². The van der Waals surface area contributed by atoms with E-state index in [1.54, 1.807) is 12.5 Å². The number of nitrogens with two attached hydrogens (primary N) is 1. The lowest BCUT2D eigenvalue weighted by atomic mass is 9.98. The van der Waals surface area contributed by atoms with E-state index in [1.165, 1.54) is 11.1 Å². The van der Waals surface area contributed by atoms with Crippen molar-refractivity contribution in [1.82, 2.24) is 19.5 Å². The number of rotatable bonds is 5. The SMILES string of the molecule is Cc1cc2nc(-c3cncn3C)cc(/C=C/c3cccnc3)c2cc1CCN. The Balaban J connectivity index is 1.91. The number of hydrogen-bond donors (Lipinski definition) is 1. The lowest BCUT2D eigenvalue weighted by molar-refractivity contribution is 0.917. The molecule has 4 aromatic rings. The van der Waals surface area contributed by atoms with Crippen LogP contribution in [0.4, 0.5) is 0 Å². The minimum Gasteiger partial charge on any atom is -0.332 e. The van der Waals surface area contributed by atoms with Crippen LogP contribution in [0.25, 0.3) is 34.4 Å². The minimum absolute atomic E-state index is 0.633. The molecule has 0 spiro atoms. The van der Waals surface area contributed by atoms with Gasteiger partial charge in [0.05, 0.1) is 29.4 Å². The largest absolute Gasteiger partial charge is 0.332 e. The number of imidazole rings is 1. The second-order valence-electron chi connectivity index (χ2n) is 6.94. The topological polar surface area (TPSA) is 69.6 Å². The van der Waals surface area contributed by atoms with Crippen molar-refractivity contribution in [1.29, 1.82) is 0 Å². The molecule has 1 aromatic carbocycles. The van der Waals surface area contributed by atoms with Gasteiger partial charge in [-0.2, -0.15) is 0 Å². The van der Waals surface area contributed by atoms with Crippen molar-refractivity contribution < 1.29 is 0 Å². The van der Waals surface area contributed by atoms with Gasteiger partial charge in [-0.05, 0) is 66.4 Å². The molecule has 5 heteroatoms. The van der Waals surface area contributed by atoms with Gasteiger partial charge in [0.2, 0.25) is 0 Å². The van der Waals surface area contributed by atoms with E-state index < -0.39 is 0 Å². The molecule has 0 bridgehead atoms. The fourth-order valence-electron chi connectivity index (χ4n) is 3.41. The number of hydrogen-bond acceptors (Lipinski definition) is 4. The summed E-state index contributed by atoms with van der Waals surface area (Å²) in [6.07, 6.45) is 12.3. The van der Waals surface area contributed by atoms with E-state index in [4.69, 9.17) is 10.7 Å². The summed E-state index contributed by atoms with van der Waals surface area (Å²) in [5, 5.41) is 1.13. The Bertz CT molecular complexity index is 1140. The van der Waals surface area contributed by atoms with E-state index in [0.717, 1.165) is 39.8 Å². The monoisotopic (exact) mass is 369 g/mol. The normalized spacial score (nSPS) is 11.5. The first-order chi connectivity index (χ1) is 13.7. The highest BCUT2D eigenvalue weighted by Crippen LogP contribution is 2.28. The zero-order valence-electron chi connectivity index (χ0n) is 16.1. The van der Waals surface area contributed by atoms with Gasteiger partial charge in [-0.3, -0.25) is 4.98 Å². The molecule has 0 radical (unpaired) electrons. The molecule has 2 N–H and O–H groups in total. The van der Waals surface area contributed by atoms with Gasteiger partial charge in [-0.25, -0.2) is 9.97 Å². The summed E-state index contributed by atoms with van der Waals surface area (Å²) in [6.45, 7) is 2.75. The smallest absolute Gasteiger partial charge is 0.0948 e. The first-order valence-corrected chi connectivity index (χ1v) is 9.35. The average molecular weight is 369 g/mol. The van der Waals surface area contributed by atoms with E-state index >= 15 is 0 Å². The minimum atomic E-state index is 0.633. The molecule has 4 rings (SSSR count). The van der Waals surface area contributed by atoms with Crippen molar-refractivity contribution >= 4 is 23.1 Å². The molecule has 0 saturated carbocycles. The van der Waals surface area contributed by atoms with E-state index in [1.807, 2.05) is 36.1 Å². The van der Waals surface area contributed by atoms with Crippen LogP contribution in [0.3, 0.4) is 0 Å². The molecule has 140 valence electrons. The fourth-order valence-corrected chi connectivity index (χ4v) is 3.41. The Morgan fingerprint density at radius 1 is 1.11 bits per heavy atom. The molecule has 0 aliphatic rings. The van der Waals surface area contributed by atoms with Crippen LogP contribution in [-0.2, 0) is 13.5 Å². The van der Waals surface area contributed by atoms with Crippen LogP contribution in [0, 0.1) is 6.92 Å². The summed E-state index contributed by atoms with van der Waals surface area (Å²) in [5.41, 5.74) is 13.3. The first kappa shape index (κ1) is 18.1. The summed E-state index contributed by atoms with van der Waals surface area (Å²) >= 11 is 0. The van der Waals surface area contributed by atoms with Crippen LogP contribution in [0.15, 0.2) is 55.2 Å². The molecule has 28 heavy (non-hydrogen) atoms. The summed E-state index contributed by atoms with van der Waals surface area (Å²) in [4.78, 5) is 13.3. The van der Waals surface area contributed by atoms with Crippen molar-refractivity contribution in [3.8, 4) is 11.4 Å². The highest BCUT2D eigenvalue weighted by molar-refractivity contribution is 5.93. The Labute approximate surface area is 164 Å². The van der Waals surface area contributed by atoms with Gasteiger partial charge < -0.3 is 10.3 Å². The second kappa shape index (κ2) is 7.74. The maximum Gasteiger partial charge on any atom is 0.0948 e. The number of aryl methyl sites for hydroxylation is 2. The molecule has 0 amide bonds. The molecule has 0 unspecified atom stereocenters. The zero-order chi connectivity index (χ0) is 19.5. The Morgan fingerprint density at radius 3 is 2.71 bits per heavy atom. The van der Waals surface area contributed by atoms with Gasteiger partial charge in [0.15, 0.2) is 0 Å². The van der Waals surface area contributed by atoms with Gasteiger partial charge in [0, 0.05) is 24.8 Å². The van der Waals surface area contributed by atoms with Crippen molar-refractivity contribution in [3.05, 3.63) is 77.5 Å². The molecule has 0 aliphatic heterocycles. The number of pyridine rings is 2. The molecule has 0 fully saturated rings. The van der Waals surface area contributed by atoms with E-state index in [0.29, 0.717) is 6.54 Å². The van der Waals surface area contributed by atoms with Crippen LogP contribution in [0.5, 0.6) is 0 Å². The number of aromatic nitrogens is 4. The molecule has 0 atom stereocenters. The highest BCUT2D eigenvalue weighted by Gasteiger charge is 2.11. The highest BCUT2D eigenvalue weighted by atomic mass is 15.0. The van der Waals surface area contributed by atoms with Gasteiger partial charge >= 0.3 is 0 Å². The standard InChI is InChI=1S/C23H23N5/c1-16-10-21-20(11-18(16)7-8-24)19(6-5-17-4-3-9-25-13-17)12-22(27-21)23-14-26-15-28(23)2/h3-6,9-15H,7-8,24H2,1-2H3/b6-5+. The Kier molecular flexibility index (Phi) is 5.00. The molecule has 5 nitrogen and oxygen atoms in total. The van der Waals surface area contributed by atoms with Crippen molar-refractivity contribution in [2.24, 2.45) is 12.8 Å². The average Bonchev–Trinajstić information content (AvgIpc) is 3.13. The molecular formula is C23H23N5. The maximum absolute atomic E-state index is 5.80. The van der Waals surface area contributed by atoms with Crippen LogP contribution in [0.2, 0.25) is 0 Å². The number of fused-ring (bicyclic) bond motifs is 1. The van der Waals surface area contributed by atoms with Crippen LogP contribution < -0.4 is 5.73 Å². The van der Waals surface area contributed by atoms with Crippen LogP contribution in [-0.4, -0.2) is 26.1 Å². The molecule has 0 saturated heterocycles. The van der Waals surface area contributed by atoms with E-state index in [9.17, 15) is 0 Å². The number of benzene rings is 1. The number of nitrogens with zero attached hydrogens (tertiary/aromatic N) is 4. The van der Waals surface area contributed by atoms with E-state index in [-0.39, 0.29) is 0 Å². The Hall–Kier alpha value is -3.31. The van der Waals surface area contributed by atoms with Crippen molar-refractivity contribution in [2.75, 3.05) is 6.54 Å². The second-order valence-corrected chi connectivity index (χ2v) is 6.94. The fraction of sp³-hybridized carbons (Fsp3) is 0.174. The third-order valence-electron chi connectivity index (χ3n) is 4.93. The molecule has 3 heterocycles. The summed E-state index contributed by atoms with van der Waals surface area (Å²) in [5.74, 6) is 0. The predicted octanol–water partition coefficient (Wildman–Crippen LogP) is 4.01. The third-order valence-corrected chi connectivity index (χ3v) is 4.93. The van der Waals surface area contributed by atoms with Crippen molar-refractivity contribution in [2.45, 2.75) is 13.3 Å². The zero-order valence-corrected chi connectivity index (χ0v) is 16.1. The van der Waals surface area contributed by atoms with Crippen molar-refractivity contribution in [3.63, 3.8) is 0 Å². The van der Waals surface area contributed by atoms with Gasteiger partial charge in [0.25, 0.3) is 0 Å². The lowest BCUT2D eigenvalue weighted by Crippen LogP contribution is -2.04. The lowest BCUT2D eigenvalue weighted by Gasteiger charge is -2.12. The van der Waals surface area contributed by atoms with E-state index in [2.05, 4.69) is 47.2 Å². The summed E-state index contributed by atoms with van der Waals surface area (Å²) in [7, 11) is 1.98. The van der Waals surface area contributed by atoms with Crippen LogP contribution in [0.1, 0.15) is 22.3 Å². The quantitative estimate of drug-likeness (QED) is 0.577. The summed E-state index contributed by atoms with van der Waals surface area (Å²) < 4.78 is 1.98.